The predicted octanol–water partition coefficient (Wildman–Crippen LogP) is 3.99. The zero-order chi connectivity index (χ0) is 13.1. The van der Waals surface area contributed by atoms with E-state index in [4.69, 9.17) is 9.47 Å². The molecule has 0 aromatic heterocycles. The SMILES string of the molecule is COc1ccc(C)c(-c2ccccc2C)c1OC. The summed E-state index contributed by atoms with van der Waals surface area (Å²) in [6.07, 6.45) is 0. The van der Waals surface area contributed by atoms with Gasteiger partial charge in [-0.1, -0.05) is 30.3 Å². The summed E-state index contributed by atoms with van der Waals surface area (Å²) in [5.41, 5.74) is 4.70. The van der Waals surface area contributed by atoms with Crippen molar-refractivity contribution in [2.75, 3.05) is 14.2 Å². The molecule has 2 nitrogen and oxygen atoms in total. The number of benzene rings is 2. The van der Waals surface area contributed by atoms with Crippen molar-refractivity contribution in [2.24, 2.45) is 0 Å². The van der Waals surface area contributed by atoms with Gasteiger partial charge in [-0.3, -0.25) is 0 Å². The van der Waals surface area contributed by atoms with Gasteiger partial charge in [0.15, 0.2) is 11.5 Å². The third-order valence-electron chi connectivity index (χ3n) is 3.17. The second-order valence-corrected chi connectivity index (χ2v) is 4.31. The highest BCUT2D eigenvalue weighted by Crippen LogP contribution is 2.41. The van der Waals surface area contributed by atoms with E-state index in [1.807, 2.05) is 18.2 Å². The first kappa shape index (κ1) is 12.5. The highest BCUT2D eigenvalue weighted by atomic mass is 16.5. The number of hydrogen-bond donors (Lipinski definition) is 0. The minimum atomic E-state index is 0.765. The van der Waals surface area contributed by atoms with Crippen LogP contribution in [0.15, 0.2) is 36.4 Å². The lowest BCUT2D eigenvalue weighted by molar-refractivity contribution is 0.356. The van der Waals surface area contributed by atoms with E-state index >= 15 is 0 Å². The molecule has 0 radical (unpaired) electrons. The van der Waals surface area contributed by atoms with Gasteiger partial charge in [-0.2, -0.15) is 0 Å². The van der Waals surface area contributed by atoms with E-state index in [1.54, 1.807) is 14.2 Å². The maximum absolute atomic E-state index is 5.53. The highest BCUT2D eigenvalue weighted by molar-refractivity contribution is 5.79. The standard InChI is InChI=1S/C16H18O2/c1-11-7-5-6-8-13(11)15-12(2)9-10-14(17-3)16(15)18-4/h5-10H,1-4H3. The maximum atomic E-state index is 5.53. The predicted molar refractivity (Wildman–Crippen MR) is 74.5 cm³/mol. The Morgan fingerprint density at radius 1 is 0.778 bits per heavy atom. The van der Waals surface area contributed by atoms with Crippen LogP contribution < -0.4 is 9.47 Å². The summed E-state index contributed by atoms with van der Waals surface area (Å²) in [6.45, 7) is 4.19. The normalized spacial score (nSPS) is 10.2. The Morgan fingerprint density at radius 3 is 2.11 bits per heavy atom. The van der Waals surface area contributed by atoms with E-state index in [0.29, 0.717) is 0 Å². The molecule has 94 valence electrons. The molecule has 0 fully saturated rings. The molecular weight excluding hydrogens is 224 g/mol. The number of ether oxygens (including phenoxy) is 2. The molecule has 2 heteroatoms. The van der Waals surface area contributed by atoms with Crippen molar-refractivity contribution in [3.05, 3.63) is 47.5 Å². The monoisotopic (exact) mass is 242 g/mol. The van der Waals surface area contributed by atoms with E-state index in [2.05, 4.69) is 32.0 Å². The molecule has 0 unspecified atom stereocenters. The van der Waals surface area contributed by atoms with E-state index in [0.717, 1.165) is 17.1 Å². The molecule has 0 spiro atoms. The molecule has 0 aliphatic rings. The second kappa shape index (κ2) is 5.13. The summed E-state index contributed by atoms with van der Waals surface area (Å²) in [7, 11) is 3.34. The van der Waals surface area contributed by atoms with Crippen LogP contribution in [-0.4, -0.2) is 14.2 Å². The zero-order valence-electron chi connectivity index (χ0n) is 11.3. The fourth-order valence-corrected chi connectivity index (χ4v) is 2.21. The summed E-state index contributed by atoms with van der Waals surface area (Å²) in [5.74, 6) is 1.56. The molecule has 0 aliphatic carbocycles. The third-order valence-corrected chi connectivity index (χ3v) is 3.17. The summed E-state index contributed by atoms with van der Waals surface area (Å²) in [5, 5.41) is 0. The lowest BCUT2D eigenvalue weighted by Gasteiger charge is -2.16. The van der Waals surface area contributed by atoms with Crippen LogP contribution >= 0.6 is 0 Å². The van der Waals surface area contributed by atoms with Crippen molar-refractivity contribution in [3.63, 3.8) is 0 Å². The number of aryl methyl sites for hydroxylation is 2. The number of hydrogen-bond acceptors (Lipinski definition) is 2. The van der Waals surface area contributed by atoms with Crippen LogP contribution in [0.3, 0.4) is 0 Å². The van der Waals surface area contributed by atoms with Crippen molar-refractivity contribution < 1.29 is 9.47 Å². The Balaban J connectivity index is 2.74. The van der Waals surface area contributed by atoms with E-state index in [1.165, 1.54) is 16.7 Å². The maximum Gasteiger partial charge on any atom is 0.168 e. The highest BCUT2D eigenvalue weighted by Gasteiger charge is 2.15. The van der Waals surface area contributed by atoms with Crippen molar-refractivity contribution in [2.45, 2.75) is 13.8 Å². The Morgan fingerprint density at radius 2 is 1.50 bits per heavy atom. The Kier molecular flexibility index (Phi) is 3.56. The van der Waals surface area contributed by atoms with Gasteiger partial charge in [-0.15, -0.1) is 0 Å². The van der Waals surface area contributed by atoms with Crippen molar-refractivity contribution >= 4 is 0 Å². The van der Waals surface area contributed by atoms with E-state index in [9.17, 15) is 0 Å². The van der Waals surface area contributed by atoms with Crippen LogP contribution in [-0.2, 0) is 0 Å². The molecule has 0 atom stereocenters. The zero-order valence-corrected chi connectivity index (χ0v) is 11.3. The van der Waals surface area contributed by atoms with Crippen LogP contribution in [0.25, 0.3) is 11.1 Å². The smallest absolute Gasteiger partial charge is 0.168 e. The summed E-state index contributed by atoms with van der Waals surface area (Å²) in [4.78, 5) is 0. The Bertz CT molecular complexity index is 559. The average molecular weight is 242 g/mol. The minimum absolute atomic E-state index is 0.765. The van der Waals surface area contributed by atoms with Gasteiger partial charge in [0, 0.05) is 5.56 Å². The molecule has 0 saturated carbocycles. The summed E-state index contributed by atoms with van der Waals surface area (Å²) >= 11 is 0. The minimum Gasteiger partial charge on any atom is -0.493 e. The van der Waals surface area contributed by atoms with Gasteiger partial charge >= 0.3 is 0 Å². The molecule has 2 aromatic rings. The van der Waals surface area contributed by atoms with Gasteiger partial charge in [-0.05, 0) is 36.6 Å². The van der Waals surface area contributed by atoms with Gasteiger partial charge in [0.1, 0.15) is 0 Å². The quantitative estimate of drug-likeness (QED) is 0.810. The van der Waals surface area contributed by atoms with Crippen LogP contribution in [0.2, 0.25) is 0 Å². The largest absolute Gasteiger partial charge is 0.493 e. The fourth-order valence-electron chi connectivity index (χ4n) is 2.21. The molecule has 0 N–H and O–H groups in total. The number of methoxy groups -OCH3 is 2. The lowest BCUT2D eigenvalue weighted by Crippen LogP contribution is -1.96. The molecule has 2 aromatic carbocycles. The summed E-state index contributed by atoms with van der Waals surface area (Å²) < 4.78 is 10.9. The first-order valence-electron chi connectivity index (χ1n) is 5.96. The van der Waals surface area contributed by atoms with Gasteiger partial charge in [0.25, 0.3) is 0 Å². The molecule has 0 bridgehead atoms. The van der Waals surface area contributed by atoms with Crippen LogP contribution in [0.4, 0.5) is 0 Å². The molecule has 18 heavy (non-hydrogen) atoms. The molecule has 0 saturated heterocycles. The topological polar surface area (TPSA) is 18.5 Å². The second-order valence-electron chi connectivity index (χ2n) is 4.31. The first-order chi connectivity index (χ1) is 8.69. The molecular formula is C16H18O2. The lowest BCUT2D eigenvalue weighted by atomic mass is 9.95. The Labute approximate surface area is 108 Å². The van der Waals surface area contributed by atoms with Crippen molar-refractivity contribution in [1.82, 2.24) is 0 Å². The first-order valence-corrected chi connectivity index (χ1v) is 5.96. The molecule has 2 rings (SSSR count). The van der Waals surface area contributed by atoms with Crippen LogP contribution in [0.1, 0.15) is 11.1 Å². The van der Waals surface area contributed by atoms with Gasteiger partial charge < -0.3 is 9.47 Å². The van der Waals surface area contributed by atoms with Crippen LogP contribution in [0, 0.1) is 13.8 Å². The fraction of sp³-hybridized carbons (Fsp3) is 0.250. The van der Waals surface area contributed by atoms with Crippen LogP contribution in [0.5, 0.6) is 11.5 Å². The van der Waals surface area contributed by atoms with E-state index in [-0.39, 0.29) is 0 Å². The number of rotatable bonds is 3. The van der Waals surface area contributed by atoms with E-state index < -0.39 is 0 Å². The molecule has 0 amide bonds. The van der Waals surface area contributed by atoms with Gasteiger partial charge in [-0.25, -0.2) is 0 Å². The average Bonchev–Trinajstić information content (AvgIpc) is 2.39. The van der Waals surface area contributed by atoms with Crippen molar-refractivity contribution in [3.8, 4) is 22.6 Å². The third kappa shape index (κ3) is 2.06. The summed E-state index contributed by atoms with van der Waals surface area (Å²) in [6, 6.07) is 12.3. The Hall–Kier alpha value is -1.96. The van der Waals surface area contributed by atoms with Gasteiger partial charge in [0.05, 0.1) is 14.2 Å². The molecule has 0 aliphatic heterocycles. The molecule has 0 heterocycles. The van der Waals surface area contributed by atoms with Crippen molar-refractivity contribution in [1.29, 1.82) is 0 Å². The van der Waals surface area contributed by atoms with Gasteiger partial charge in [0.2, 0.25) is 0 Å².